The third kappa shape index (κ3) is 1.34. The largest absolute Gasteiger partial charge is 0.392 e. The molecular formula is C8H7NO. The van der Waals surface area contributed by atoms with Crippen molar-refractivity contribution in [2.24, 2.45) is 0 Å². The molecule has 10 heavy (non-hydrogen) atoms. The third-order valence-electron chi connectivity index (χ3n) is 1.16. The van der Waals surface area contributed by atoms with Gasteiger partial charge in [0, 0.05) is 6.20 Å². The van der Waals surface area contributed by atoms with Crippen LogP contribution in [-0.2, 0) is 6.61 Å². The van der Waals surface area contributed by atoms with Gasteiger partial charge in [-0.3, -0.25) is 0 Å². The molecule has 0 radical (unpaired) electrons. The van der Waals surface area contributed by atoms with Gasteiger partial charge < -0.3 is 5.11 Å². The Morgan fingerprint density at radius 1 is 1.60 bits per heavy atom. The molecule has 0 aliphatic carbocycles. The topological polar surface area (TPSA) is 33.1 Å². The van der Waals surface area contributed by atoms with Crippen LogP contribution in [0, 0.1) is 12.3 Å². The highest BCUT2D eigenvalue weighted by atomic mass is 16.3. The summed E-state index contributed by atoms with van der Waals surface area (Å²) >= 11 is 0. The van der Waals surface area contributed by atoms with E-state index in [1.807, 2.05) is 0 Å². The third-order valence-corrected chi connectivity index (χ3v) is 1.16. The van der Waals surface area contributed by atoms with Crippen LogP contribution in [0.15, 0.2) is 18.3 Å². The Kier molecular flexibility index (Phi) is 2.03. The molecular weight excluding hydrogens is 126 g/mol. The molecule has 0 saturated heterocycles. The van der Waals surface area contributed by atoms with E-state index in [4.69, 9.17) is 11.5 Å². The maximum atomic E-state index is 8.61. The number of nitrogens with zero attached hydrogens (tertiary/aromatic N) is 1. The van der Waals surface area contributed by atoms with E-state index < -0.39 is 0 Å². The molecule has 0 aromatic carbocycles. The van der Waals surface area contributed by atoms with Crippen LogP contribution in [0.2, 0.25) is 0 Å². The number of terminal acetylenes is 1. The average Bonchev–Trinajstić information content (AvgIpc) is 2.05. The first-order valence-electron chi connectivity index (χ1n) is 2.89. The van der Waals surface area contributed by atoms with Crippen LogP contribution in [0.1, 0.15) is 11.3 Å². The van der Waals surface area contributed by atoms with E-state index >= 15 is 0 Å². The predicted octanol–water partition coefficient (Wildman–Crippen LogP) is 0.555. The van der Waals surface area contributed by atoms with Crippen molar-refractivity contribution in [3.8, 4) is 12.3 Å². The van der Waals surface area contributed by atoms with Crippen molar-refractivity contribution in [2.45, 2.75) is 6.61 Å². The Morgan fingerprint density at radius 3 is 2.80 bits per heavy atom. The molecule has 50 valence electrons. The summed E-state index contributed by atoms with van der Waals surface area (Å²) in [6.45, 7) is 0.0118. The van der Waals surface area contributed by atoms with Gasteiger partial charge in [-0.25, -0.2) is 4.98 Å². The lowest BCUT2D eigenvalue weighted by molar-refractivity contribution is 0.281. The van der Waals surface area contributed by atoms with Gasteiger partial charge in [0.05, 0.1) is 6.61 Å². The zero-order valence-corrected chi connectivity index (χ0v) is 5.41. The van der Waals surface area contributed by atoms with Gasteiger partial charge in [-0.1, -0.05) is 12.0 Å². The zero-order valence-electron chi connectivity index (χ0n) is 5.41. The van der Waals surface area contributed by atoms with Crippen LogP contribution in [-0.4, -0.2) is 10.1 Å². The molecule has 0 aliphatic rings. The number of aliphatic hydroxyl groups excluding tert-OH is 1. The van der Waals surface area contributed by atoms with Crippen molar-refractivity contribution in [3.63, 3.8) is 0 Å². The van der Waals surface area contributed by atoms with E-state index in [2.05, 4.69) is 10.9 Å². The Bertz CT molecular complexity index is 245. The Balaban J connectivity index is 2.93. The van der Waals surface area contributed by atoms with Gasteiger partial charge in [-0.05, 0) is 11.6 Å². The fraction of sp³-hybridized carbons (Fsp3) is 0.125. The molecule has 2 heteroatoms. The molecule has 1 heterocycles. The molecule has 0 atom stereocenters. The molecule has 0 aliphatic heterocycles. The Hall–Kier alpha value is -1.33. The van der Waals surface area contributed by atoms with Crippen LogP contribution in [0.3, 0.4) is 0 Å². The van der Waals surface area contributed by atoms with Crippen molar-refractivity contribution in [3.05, 3.63) is 29.6 Å². The van der Waals surface area contributed by atoms with E-state index in [0.29, 0.717) is 5.69 Å². The summed E-state index contributed by atoms with van der Waals surface area (Å²) in [5.74, 6) is 2.39. The predicted molar refractivity (Wildman–Crippen MR) is 38.1 cm³/mol. The number of hydrogen-bond donors (Lipinski definition) is 1. The molecule has 0 fully saturated rings. The second-order valence-corrected chi connectivity index (χ2v) is 1.85. The quantitative estimate of drug-likeness (QED) is 0.568. The molecule has 1 rings (SSSR count). The first-order chi connectivity index (χ1) is 4.86. The highest BCUT2D eigenvalue weighted by Gasteiger charge is 1.89. The van der Waals surface area contributed by atoms with Crippen molar-refractivity contribution >= 4 is 0 Å². The molecule has 2 nitrogen and oxygen atoms in total. The first-order valence-corrected chi connectivity index (χ1v) is 2.89. The van der Waals surface area contributed by atoms with Gasteiger partial charge in [0.2, 0.25) is 0 Å². The highest BCUT2D eigenvalue weighted by Crippen LogP contribution is 1.97. The maximum Gasteiger partial charge on any atom is 0.112 e. The summed E-state index contributed by atoms with van der Waals surface area (Å²) in [6, 6.07) is 3.45. The minimum absolute atomic E-state index is 0.0118. The highest BCUT2D eigenvalue weighted by molar-refractivity contribution is 5.25. The number of hydrogen-bond acceptors (Lipinski definition) is 2. The lowest BCUT2D eigenvalue weighted by Gasteiger charge is -1.92. The van der Waals surface area contributed by atoms with Crippen LogP contribution in [0.5, 0.6) is 0 Å². The summed E-state index contributed by atoms with van der Waals surface area (Å²) < 4.78 is 0. The minimum atomic E-state index is 0.0118. The van der Waals surface area contributed by atoms with E-state index in [9.17, 15) is 0 Å². The summed E-state index contributed by atoms with van der Waals surface area (Å²) in [4.78, 5) is 3.87. The molecule has 0 amide bonds. The van der Waals surface area contributed by atoms with E-state index in [-0.39, 0.29) is 6.61 Å². The zero-order chi connectivity index (χ0) is 7.40. The number of pyridine rings is 1. The molecule has 0 bridgehead atoms. The number of rotatable bonds is 1. The second-order valence-electron chi connectivity index (χ2n) is 1.85. The standard InChI is InChI=1S/C8H7NO/c1-2-8-4-3-7(6-10)5-9-8/h1,3-5,10H,6H2. The smallest absolute Gasteiger partial charge is 0.112 e. The first kappa shape index (κ1) is 6.79. The van der Waals surface area contributed by atoms with Gasteiger partial charge in [0.25, 0.3) is 0 Å². The number of aromatic nitrogens is 1. The van der Waals surface area contributed by atoms with Gasteiger partial charge in [-0.15, -0.1) is 6.42 Å². The normalized spacial score (nSPS) is 8.80. The van der Waals surface area contributed by atoms with E-state index in [0.717, 1.165) is 5.56 Å². The van der Waals surface area contributed by atoms with Gasteiger partial charge in [0.15, 0.2) is 0 Å². The molecule has 1 N–H and O–H groups in total. The van der Waals surface area contributed by atoms with Gasteiger partial charge in [0.1, 0.15) is 5.69 Å². The van der Waals surface area contributed by atoms with Crippen molar-refractivity contribution < 1.29 is 5.11 Å². The van der Waals surface area contributed by atoms with Crippen LogP contribution >= 0.6 is 0 Å². The van der Waals surface area contributed by atoms with Gasteiger partial charge >= 0.3 is 0 Å². The maximum absolute atomic E-state index is 8.61. The lowest BCUT2D eigenvalue weighted by Crippen LogP contribution is -1.86. The summed E-state index contributed by atoms with van der Waals surface area (Å²) in [5, 5.41) is 8.61. The van der Waals surface area contributed by atoms with Crippen LogP contribution < -0.4 is 0 Å². The Morgan fingerprint density at radius 2 is 2.40 bits per heavy atom. The minimum Gasteiger partial charge on any atom is -0.392 e. The summed E-state index contributed by atoms with van der Waals surface area (Å²) in [7, 11) is 0. The fourth-order valence-corrected chi connectivity index (χ4v) is 0.603. The van der Waals surface area contributed by atoms with E-state index in [1.165, 1.54) is 0 Å². The Labute approximate surface area is 59.5 Å². The van der Waals surface area contributed by atoms with Crippen LogP contribution in [0.4, 0.5) is 0 Å². The SMILES string of the molecule is C#Cc1ccc(CO)cn1. The van der Waals surface area contributed by atoms with E-state index in [1.54, 1.807) is 18.3 Å². The monoisotopic (exact) mass is 133 g/mol. The second kappa shape index (κ2) is 3.00. The molecule has 1 aromatic rings. The van der Waals surface area contributed by atoms with Crippen LogP contribution in [0.25, 0.3) is 0 Å². The van der Waals surface area contributed by atoms with Crippen molar-refractivity contribution in [2.75, 3.05) is 0 Å². The number of aliphatic hydroxyl groups is 1. The fourth-order valence-electron chi connectivity index (χ4n) is 0.603. The molecule has 1 aromatic heterocycles. The summed E-state index contributed by atoms with van der Waals surface area (Å²) in [5.41, 5.74) is 1.37. The summed E-state index contributed by atoms with van der Waals surface area (Å²) in [6.07, 6.45) is 6.63. The average molecular weight is 133 g/mol. The lowest BCUT2D eigenvalue weighted by atomic mass is 10.3. The van der Waals surface area contributed by atoms with Gasteiger partial charge in [-0.2, -0.15) is 0 Å². The molecule has 0 unspecified atom stereocenters. The van der Waals surface area contributed by atoms with Crippen molar-refractivity contribution in [1.82, 2.24) is 4.98 Å². The molecule has 0 saturated carbocycles. The van der Waals surface area contributed by atoms with Crippen molar-refractivity contribution in [1.29, 1.82) is 0 Å². The molecule has 0 spiro atoms.